The van der Waals surface area contributed by atoms with Gasteiger partial charge in [-0.05, 0) is 30.4 Å². The molecule has 8 N–H and O–H groups in total. The number of nitrogens with one attached hydrogen (secondary N) is 3. The fourth-order valence-electron chi connectivity index (χ4n) is 4.46. The number of carboxylic acid groups (broad SMARTS) is 1. The van der Waals surface area contributed by atoms with E-state index in [1.165, 1.54) is 4.90 Å². The number of carboxylic acids is 1. The molecule has 0 bridgehead atoms. The van der Waals surface area contributed by atoms with E-state index in [0.29, 0.717) is 12.8 Å². The third-order valence-electron chi connectivity index (χ3n) is 6.59. The van der Waals surface area contributed by atoms with Gasteiger partial charge in [0.15, 0.2) is 0 Å². The number of benzene rings is 1. The summed E-state index contributed by atoms with van der Waals surface area (Å²) in [4.78, 5) is 66.7. The first-order valence-corrected chi connectivity index (χ1v) is 12.2. The topological polar surface area (TPSA) is 201 Å². The lowest BCUT2D eigenvalue weighted by atomic mass is 10.0. The molecule has 12 heteroatoms. The average Bonchev–Trinajstić information content (AvgIpc) is 3.49. The average molecular weight is 515 g/mol. The molecule has 4 atom stereocenters. The van der Waals surface area contributed by atoms with Gasteiger partial charge in [-0.3, -0.25) is 19.2 Å². The van der Waals surface area contributed by atoms with Crippen LogP contribution >= 0.6 is 0 Å². The van der Waals surface area contributed by atoms with Crippen LogP contribution in [-0.2, 0) is 30.4 Å². The summed E-state index contributed by atoms with van der Waals surface area (Å²) in [5.74, 6) is -4.11. The minimum absolute atomic E-state index is 0.156. The third kappa shape index (κ3) is 6.64. The molecule has 4 amide bonds. The predicted molar refractivity (Wildman–Crippen MR) is 135 cm³/mol. The van der Waals surface area contributed by atoms with Crippen LogP contribution in [0.4, 0.5) is 0 Å². The van der Waals surface area contributed by atoms with E-state index in [2.05, 4.69) is 15.6 Å². The minimum Gasteiger partial charge on any atom is -0.480 e. The van der Waals surface area contributed by atoms with Gasteiger partial charge in [0, 0.05) is 30.1 Å². The molecule has 1 fully saturated rings. The molecule has 3 rings (SSSR count). The molecule has 1 saturated heterocycles. The number of hydrogen-bond acceptors (Lipinski definition) is 6. The molecule has 2 heterocycles. The molecule has 12 nitrogen and oxygen atoms in total. The number of likely N-dealkylation sites (tertiary alicyclic amines) is 1. The summed E-state index contributed by atoms with van der Waals surface area (Å²) in [6, 6.07) is 3.25. The number of nitrogens with two attached hydrogens (primary N) is 2. The van der Waals surface area contributed by atoms with E-state index in [1.807, 2.05) is 24.3 Å². The van der Waals surface area contributed by atoms with Gasteiger partial charge in [0.05, 0.1) is 12.5 Å². The van der Waals surface area contributed by atoms with Gasteiger partial charge in [0.25, 0.3) is 0 Å². The summed E-state index contributed by atoms with van der Waals surface area (Å²) in [6.07, 6.45) is 2.17. The van der Waals surface area contributed by atoms with Crippen LogP contribution in [-0.4, -0.2) is 75.3 Å². The van der Waals surface area contributed by atoms with Crippen molar-refractivity contribution >= 4 is 40.5 Å². The van der Waals surface area contributed by atoms with Crippen molar-refractivity contribution in [2.24, 2.45) is 17.4 Å². The van der Waals surface area contributed by atoms with Gasteiger partial charge in [-0.15, -0.1) is 0 Å². The summed E-state index contributed by atoms with van der Waals surface area (Å²) in [5, 5.41) is 15.3. The van der Waals surface area contributed by atoms with Gasteiger partial charge in [-0.2, -0.15) is 0 Å². The SMILES string of the molecule is CC(C)C(N)C(=O)NC(Cc1c[nH]c2ccccc12)C(=O)N1CCCC1C(=O)NC(CC(N)=O)C(=O)O. The Hall–Kier alpha value is -3.93. The molecule has 2 aromatic rings. The first-order valence-electron chi connectivity index (χ1n) is 12.2. The molecule has 0 radical (unpaired) electrons. The summed E-state index contributed by atoms with van der Waals surface area (Å²) >= 11 is 0. The smallest absolute Gasteiger partial charge is 0.326 e. The van der Waals surface area contributed by atoms with Crippen molar-refractivity contribution in [3.8, 4) is 0 Å². The van der Waals surface area contributed by atoms with E-state index >= 15 is 0 Å². The highest BCUT2D eigenvalue weighted by atomic mass is 16.4. The molecule has 4 unspecified atom stereocenters. The van der Waals surface area contributed by atoms with Gasteiger partial charge in [-0.25, -0.2) is 4.79 Å². The van der Waals surface area contributed by atoms with E-state index < -0.39 is 60.2 Å². The molecular formula is C25H34N6O6. The van der Waals surface area contributed by atoms with Crippen molar-refractivity contribution in [3.05, 3.63) is 36.0 Å². The quantitative estimate of drug-likeness (QED) is 0.234. The molecule has 200 valence electrons. The zero-order valence-corrected chi connectivity index (χ0v) is 20.9. The number of aromatic amines is 1. The molecule has 1 aromatic carbocycles. The maximum Gasteiger partial charge on any atom is 0.326 e. The number of carbonyl (C=O) groups is 5. The number of aliphatic carboxylic acids is 1. The monoisotopic (exact) mass is 514 g/mol. The number of rotatable bonds is 11. The van der Waals surface area contributed by atoms with Crippen molar-refractivity contribution < 1.29 is 29.1 Å². The summed E-state index contributed by atoms with van der Waals surface area (Å²) < 4.78 is 0. The van der Waals surface area contributed by atoms with Crippen LogP contribution in [0.3, 0.4) is 0 Å². The minimum atomic E-state index is -1.51. The van der Waals surface area contributed by atoms with Gasteiger partial charge in [0.2, 0.25) is 23.6 Å². The number of aromatic nitrogens is 1. The zero-order chi connectivity index (χ0) is 27.3. The third-order valence-corrected chi connectivity index (χ3v) is 6.59. The number of para-hydroxylation sites is 1. The number of H-pyrrole nitrogens is 1. The van der Waals surface area contributed by atoms with Gasteiger partial charge < -0.3 is 37.1 Å². The van der Waals surface area contributed by atoms with Gasteiger partial charge in [0.1, 0.15) is 18.1 Å². The Morgan fingerprint density at radius 2 is 1.84 bits per heavy atom. The maximum atomic E-state index is 13.7. The van der Waals surface area contributed by atoms with E-state index in [4.69, 9.17) is 11.5 Å². The Labute approximate surface area is 214 Å². The summed E-state index contributed by atoms with van der Waals surface area (Å²) in [6.45, 7) is 3.85. The maximum absolute atomic E-state index is 13.7. The first kappa shape index (κ1) is 27.7. The number of nitrogens with zero attached hydrogens (tertiary/aromatic N) is 1. The van der Waals surface area contributed by atoms with Crippen LogP contribution in [0.1, 0.15) is 38.7 Å². The molecule has 1 aromatic heterocycles. The van der Waals surface area contributed by atoms with E-state index in [0.717, 1.165) is 16.5 Å². The largest absolute Gasteiger partial charge is 0.480 e. The highest BCUT2D eigenvalue weighted by Gasteiger charge is 2.39. The highest BCUT2D eigenvalue weighted by molar-refractivity contribution is 5.96. The van der Waals surface area contributed by atoms with Crippen molar-refractivity contribution in [1.82, 2.24) is 20.5 Å². The second kappa shape index (κ2) is 11.9. The normalized spacial score (nSPS) is 17.8. The molecule has 37 heavy (non-hydrogen) atoms. The Morgan fingerprint density at radius 3 is 2.49 bits per heavy atom. The number of carbonyl (C=O) groups excluding carboxylic acids is 4. The van der Waals surface area contributed by atoms with Crippen LogP contribution in [0, 0.1) is 5.92 Å². The number of primary amides is 1. The van der Waals surface area contributed by atoms with Crippen LogP contribution in [0.2, 0.25) is 0 Å². The highest BCUT2D eigenvalue weighted by Crippen LogP contribution is 2.23. The Morgan fingerprint density at radius 1 is 1.14 bits per heavy atom. The van der Waals surface area contributed by atoms with Crippen molar-refractivity contribution in [1.29, 1.82) is 0 Å². The number of amides is 4. The number of fused-ring (bicyclic) bond motifs is 1. The lowest BCUT2D eigenvalue weighted by molar-refractivity contribution is -0.145. The second-order valence-corrected chi connectivity index (χ2v) is 9.65. The first-order chi connectivity index (χ1) is 17.5. The summed E-state index contributed by atoms with van der Waals surface area (Å²) in [7, 11) is 0. The predicted octanol–water partition coefficient (Wildman–Crippen LogP) is -0.386. The molecule has 1 aliphatic heterocycles. The Bertz CT molecular complexity index is 1180. The molecular weight excluding hydrogens is 480 g/mol. The lowest BCUT2D eigenvalue weighted by Crippen LogP contribution is -2.58. The van der Waals surface area contributed by atoms with Crippen molar-refractivity contribution in [2.45, 2.75) is 63.7 Å². The van der Waals surface area contributed by atoms with Crippen LogP contribution in [0.5, 0.6) is 0 Å². The van der Waals surface area contributed by atoms with E-state index in [1.54, 1.807) is 20.0 Å². The Kier molecular flexibility index (Phi) is 8.87. The summed E-state index contributed by atoms with van der Waals surface area (Å²) in [5.41, 5.74) is 12.8. The molecule has 1 aliphatic rings. The van der Waals surface area contributed by atoms with Crippen LogP contribution in [0.25, 0.3) is 10.9 Å². The Balaban J connectivity index is 1.84. The molecule has 0 saturated carbocycles. The second-order valence-electron chi connectivity index (χ2n) is 9.65. The number of hydrogen-bond donors (Lipinski definition) is 6. The van der Waals surface area contributed by atoms with Crippen LogP contribution in [0.15, 0.2) is 30.5 Å². The van der Waals surface area contributed by atoms with Gasteiger partial charge in [-0.1, -0.05) is 32.0 Å². The fraction of sp³-hybridized carbons (Fsp3) is 0.480. The zero-order valence-electron chi connectivity index (χ0n) is 20.9. The lowest BCUT2D eigenvalue weighted by Gasteiger charge is -2.30. The van der Waals surface area contributed by atoms with Crippen molar-refractivity contribution in [2.75, 3.05) is 6.54 Å². The standard InChI is InChI=1S/C25H34N6O6/c1-13(2)21(27)23(34)29-17(10-14-12-28-16-7-4-3-6-15(14)16)24(35)31-9-5-8-19(31)22(33)30-18(25(36)37)11-20(26)32/h3-4,6-7,12-13,17-19,21,28H,5,8-11,27H2,1-2H3,(H2,26,32)(H,29,34)(H,30,33)(H,36,37). The molecule has 0 aliphatic carbocycles. The van der Waals surface area contributed by atoms with Gasteiger partial charge >= 0.3 is 5.97 Å². The van der Waals surface area contributed by atoms with Crippen molar-refractivity contribution in [3.63, 3.8) is 0 Å². The van der Waals surface area contributed by atoms with E-state index in [9.17, 15) is 29.1 Å². The van der Waals surface area contributed by atoms with Crippen LogP contribution < -0.4 is 22.1 Å². The molecule has 0 spiro atoms. The fourth-order valence-corrected chi connectivity index (χ4v) is 4.46. The van der Waals surface area contributed by atoms with E-state index in [-0.39, 0.29) is 18.9 Å².